The van der Waals surface area contributed by atoms with E-state index in [-0.39, 0.29) is 0 Å². The van der Waals surface area contributed by atoms with E-state index in [1.54, 1.807) is 5.57 Å². The molecule has 1 heterocycles. The zero-order chi connectivity index (χ0) is 12.9. The van der Waals surface area contributed by atoms with Gasteiger partial charge in [0.1, 0.15) is 0 Å². The topological polar surface area (TPSA) is 15.3 Å². The average molecular weight is 238 g/mol. The molecule has 0 aromatic heterocycles. The quantitative estimate of drug-likeness (QED) is 0.585. The molecule has 0 saturated heterocycles. The summed E-state index contributed by atoms with van der Waals surface area (Å²) in [6.45, 7) is 16.1. The van der Waals surface area contributed by atoms with Crippen molar-refractivity contribution in [1.82, 2.24) is 10.2 Å². The standard InChI is InChI=1S/C15H30N2/c1-6-9-16-12-13(2)17-10-7-14(8-11-17)15(3,4)5/h7,13,16H,6,8-12H2,1-5H3. The monoisotopic (exact) mass is 238 g/mol. The number of nitrogens with one attached hydrogen (secondary N) is 1. The number of rotatable bonds is 5. The van der Waals surface area contributed by atoms with Gasteiger partial charge in [0.15, 0.2) is 0 Å². The molecule has 0 aliphatic carbocycles. The van der Waals surface area contributed by atoms with Gasteiger partial charge in [-0.15, -0.1) is 0 Å². The highest BCUT2D eigenvalue weighted by molar-refractivity contribution is 5.14. The molecule has 0 amide bonds. The summed E-state index contributed by atoms with van der Waals surface area (Å²) in [5, 5.41) is 3.51. The molecule has 17 heavy (non-hydrogen) atoms. The van der Waals surface area contributed by atoms with E-state index in [0.717, 1.165) is 19.6 Å². The SMILES string of the molecule is CCCNCC(C)N1CC=C(C(C)(C)C)CC1. The lowest BCUT2D eigenvalue weighted by Crippen LogP contribution is -2.43. The van der Waals surface area contributed by atoms with Gasteiger partial charge in [-0.1, -0.05) is 39.3 Å². The van der Waals surface area contributed by atoms with Crippen LogP contribution in [0.5, 0.6) is 0 Å². The highest BCUT2D eigenvalue weighted by Gasteiger charge is 2.23. The Morgan fingerprint density at radius 2 is 2.12 bits per heavy atom. The van der Waals surface area contributed by atoms with Crippen LogP contribution in [0.25, 0.3) is 0 Å². The van der Waals surface area contributed by atoms with Crippen LogP contribution in [-0.4, -0.2) is 37.1 Å². The molecule has 1 aliphatic rings. The minimum atomic E-state index is 0.357. The van der Waals surface area contributed by atoms with E-state index in [4.69, 9.17) is 0 Å². The fraction of sp³-hybridized carbons (Fsp3) is 0.867. The van der Waals surface area contributed by atoms with E-state index < -0.39 is 0 Å². The third-order valence-corrected chi connectivity index (χ3v) is 3.69. The van der Waals surface area contributed by atoms with Crippen molar-refractivity contribution < 1.29 is 0 Å². The zero-order valence-electron chi connectivity index (χ0n) is 12.3. The molecule has 1 unspecified atom stereocenters. The van der Waals surface area contributed by atoms with Crippen molar-refractivity contribution in [2.75, 3.05) is 26.2 Å². The third-order valence-electron chi connectivity index (χ3n) is 3.69. The van der Waals surface area contributed by atoms with Crippen LogP contribution in [-0.2, 0) is 0 Å². The van der Waals surface area contributed by atoms with E-state index in [0.29, 0.717) is 11.5 Å². The molecule has 1 N–H and O–H groups in total. The molecule has 0 aromatic rings. The molecule has 0 aromatic carbocycles. The molecular formula is C15H30N2. The van der Waals surface area contributed by atoms with Gasteiger partial charge >= 0.3 is 0 Å². The van der Waals surface area contributed by atoms with Crippen LogP contribution in [0.15, 0.2) is 11.6 Å². The normalized spacial score (nSPS) is 20.2. The number of hydrogen-bond acceptors (Lipinski definition) is 2. The maximum atomic E-state index is 3.51. The first-order valence-electron chi connectivity index (χ1n) is 7.09. The van der Waals surface area contributed by atoms with Crippen LogP contribution in [0.3, 0.4) is 0 Å². The molecule has 1 atom stereocenters. The van der Waals surface area contributed by atoms with Crippen LogP contribution < -0.4 is 5.32 Å². The van der Waals surface area contributed by atoms with Gasteiger partial charge in [-0.05, 0) is 31.7 Å². The van der Waals surface area contributed by atoms with Crippen LogP contribution in [0, 0.1) is 5.41 Å². The Kier molecular flexibility index (Phi) is 5.68. The Balaban J connectivity index is 2.38. The van der Waals surface area contributed by atoms with E-state index >= 15 is 0 Å². The van der Waals surface area contributed by atoms with Crippen LogP contribution in [0.2, 0.25) is 0 Å². The Labute approximate surface area is 107 Å². The number of hydrogen-bond donors (Lipinski definition) is 1. The first kappa shape index (κ1) is 14.7. The lowest BCUT2D eigenvalue weighted by Gasteiger charge is -2.35. The summed E-state index contributed by atoms with van der Waals surface area (Å²) in [5.74, 6) is 0. The van der Waals surface area contributed by atoms with E-state index in [1.807, 2.05) is 0 Å². The van der Waals surface area contributed by atoms with Gasteiger partial charge in [-0.3, -0.25) is 4.90 Å². The van der Waals surface area contributed by atoms with Crippen molar-refractivity contribution in [3.8, 4) is 0 Å². The molecule has 0 saturated carbocycles. The minimum Gasteiger partial charge on any atom is -0.315 e. The maximum Gasteiger partial charge on any atom is 0.0195 e. The molecule has 0 radical (unpaired) electrons. The Morgan fingerprint density at radius 3 is 2.59 bits per heavy atom. The zero-order valence-corrected chi connectivity index (χ0v) is 12.3. The van der Waals surface area contributed by atoms with Crippen LogP contribution >= 0.6 is 0 Å². The van der Waals surface area contributed by atoms with Crippen molar-refractivity contribution in [1.29, 1.82) is 0 Å². The van der Waals surface area contributed by atoms with E-state index in [9.17, 15) is 0 Å². The third kappa shape index (κ3) is 4.81. The van der Waals surface area contributed by atoms with E-state index in [2.05, 4.69) is 50.9 Å². The second-order valence-corrected chi connectivity index (χ2v) is 6.28. The van der Waals surface area contributed by atoms with Gasteiger partial charge < -0.3 is 5.32 Å². The second kappa shape index (κ2) is 6.55. The number of nitrogens with zero attached hydrogens (tertiary/aromatic N) is 1. The molecule has 100 valence electrons. The largest absolute Gasteiger partial charge is 0.315 e. The molecule has 2 heteroatoms. The second-order valence-electron chi connectivity index (χ2n) is 6.28. The summed E-state index contributed by atoms with van der Waals surface area (Å²) in [5.41, 5.74) is 1.98. The summed E-state index contributed by atoms with van der Waals surface area (Å²) in [6, 6.07) is 0.652. The molecule has 0 spiro atoms. The fourth-order valence-corrected chi connectivity index (χ4v) is 2.38. The molecular weight excluding hydrogens is 208 g/mol. The van der Waals surface area contributed by atoms with Crippen molar-refractivity contribution in [3.05, 3.63) is 11.6 Å². The Bertz CT molecular complexity index is 250. The molecule has 1 rings (SSSR count). The molecule has 0 bridgehead atoms. The molecule has 2 nitrogen and oxygen atoms in total. The molecule has 0 fully saturated rings. The van der Waals surface area contributed by atoms with Crippen LogP contribution in [0.1, 0.15) is 47.5 Å². The smallest absolute Gasteiger partial charge is 0.0195 e. The highest BCUT2D eigenvalue weighted by Crippen LogP contribution is 2.30. The summed E-state index contributed by atoms with van der Waals surface area (Å²) in [4.78, 5) is 2.58. The van der Waals surface area contributed by atoms with E-state index in [1.165, 1.54) is 19.4 Å². The van der Waals surface area contributed by atoms with Crippen molar-refractivity contribution >= 4 is 0 Å². The molecule has 1 aliphatic heterocycles. The van der Waals surface area contributed by atoms with Gasteiger partial charge in [0, 0.05) is 25.7 Å². The van der Waals surface area contributed by atoms with Gasteiger partial charge in [0.25, 0.3) is 0 Å². The summed E-state index contributed by atoms with van der Waals surface area (Å²) >= 11 is 0. The Morgan fingerprint density at radius 1 is 1.41 bits per heavy atom. The maximum absolute atomic E-state index is 3.51. The van der Waals surface area contributed by atoms with Crippen molar-refractivity contribution in [2.45, 2.75) is 53.5 Å². The predicted octanol–water partition coefficient (Wildman–Crippen LogP) is 3.05. The van der Waals surface area contributed by atoms with Gasteiger partial charge in [0.05, 0.1) is 0 Å². The lowest BCUT2D eigenvalue weighted by atomic mass is 9.83. The fourth-order valence-electron chi connectivity index (χ4n) is 2.38. The summed E-state index contributed by atoms with van der Waals surface area (Å²) < 4.78 is 0. The van der Waals surface area contributed by atoms with Gasteiger partial charge in [-0.2, -0.15) is 0 Å². The minimum absolute atomic E-state index is 0.357. The van der Waals surface area contributed by atoms with Crippen molar-refractivity contribution in [3.63, 3.8) is 0 Å². The Hall–Kier alpha value is -0.340. The van der Waals surface area contributed by atoms with Gasteiger partial charge in [0.2, 0.25) is 0 Å². The van der Waals surface area contributed by atoms with Crippen LogP contribution in [0.4, 0.5) is 0 Å². The lowest BCUT2D eigenvalue weighted by molar-refractivity contribution is 0.212. The summed E-state index contributed by atoms with van der Waals surface area (Å²) in [7, 11) is 0. The predicted molar refractivity (Wildman–Crippen MR) is 76.4 cm³/mol. The first-order chi connectivity index (χ1) is 7.95. The summed E-state index contributed by atoms with van der Waals surface area (Å²) in [6.07, 6.45) is 4.90. The van der Waals surface area contributed by atoms with Gasteiger partial charge in [-0.25, -0.2) is 0 Å². The first-order valence-corrected chi connectivity index (χ1v) is 7.09. The highest BCUT2D eigenvalue weighted by atomic mass is 15.2. The average Bonchev–Trinajstić information content (AvgIpc) is 2.28. The van der Waals surface area contributed by atoms with Crippen molar-refractivity contribution in [2.24, 2.45) is 5.41 Å².